The molecule has 0 unspecified atom stereocenters. The van der Waals surface area contributed by atoms with Gasteiger partial charge in [-0.15, -0.1) is 0 Å². The van der Waals surface area contributed by atoms with E-state index in [9.17, 15) is 8.42 Å². The highest BCUT2D eigenvalue weighted by Gasteiger charge is 2.30. The second-order valence-electron chi connectivity index (χ2n) is 5.66. The molecule has 1 fully saturated rings. The molecule has 1 aromatic carbocycles. The minimum Gasteiger partial charge on any atom is -0.398 e. The molecule has 1 saturated carbocycles. The lowest BCUT2D eigenvalue weighted by atomic mass is 10.1. The second-order valence-corrected chi connectivity index (χ2v) is 7.59. The zero-order valence-electron chi connectivity index (χ0n) is 12.3. The summed E-state index contributed by atoms with van der Waals surface area (Å²) in [4.78, 5) is 0.270. The zero-order chi connectivity index (χ0) is 14.8. The van der Waals surface area contributed by atoms with E-state index in [2.05, 4.69) is 0 Å². The highest BCUT2D eigenvalue weighted by atomic mass is 32.2. The van der Waals surface area contributed by atoms with Crippen LogP contribution in [-0.4, -0.2) is 25.8 Å². The van der Waals surface area contributed by atoms with Crippen LogP contribution in [0.15, 0.2) is 23.1 Å². The molecule has 0 heterocycles. The molecule has 0 aromatic heterocycles. The summed E-state index contributed by atoms with van der Waals surface area (Å²) in [5.74, 6) is 0. The lowest BCUT2D eigenvalue weighted by molar-refractivity contribution is 0.335. The number of nitrogens with zero attached hydrogens (tertiary/aromatic N) is 1. The summed E-state index contributed by atoms with van der Waals surface area (Å²) in [6.45, 7) is 1.80. The molecule has 0 radical (unpaired) electrons. The molecule has 1 aliphatic carbocycles. The maximum Gasteiger partial charge on any atom is 0.245 e. The number of nitrogens with two attached hydrogens (primary N) is 1. The molecule has 1 aliphatic rings. The van der Waals surface area contributed by atoms with E-state index >= 15 is 0 Å². The summed E-state index contributed by atoms with van der Waals surface area (Å²) in [6, 6.07) is 5.34. The summed E-state index contributed by atoms with van der Waals surface area (Å²) < 4.78 is 27.2. The predicted octanol–water partition coefficient (Wildman–Crippen LogP) is 2.92. The van der Waals surface area contributed by atoms with Crippen molar-refractivity contribution < 1.29 is 8.42 Å². The van der Waals surface area contributed by atoms with Crippen molar-refractivity contribution >= 4 is 15.7 Å². The Labute approximate surface area is 122 Å². The molecule has 0 aliphatic heterocycles. The Morgan fingerprint density at radius 3 is 2.30 bits per heavy atom. The van der Waals surface area contributed by atoms with Crippen LogP contribution in [0.1, 0.15) is 44.1 Å². The van der Waals surface area contributed by atoms with E-state index in [0.29, 0.717) is 11.3 Å². The van der Waals surface area contributed by atoms with Gasteiger partial charge in [-0.1, -0.05) is 37.8 Å². The lowest BCUT2D eigenvalue weighted by Gasteiger charge is -2.27. The number of hydrogen-bond acceptors (Lipinski definition) is 3. The van der Waals surface area contributed by atoms with Crippen molar-refractivity contribution in [1.82, 2.24) is 4.31 Å². The van der Waals surface area contributed by atoms with Crippen LogP contribution in [0.4, 0.5) is 5.69 Å². The molecular formula is C15H24N2O2S. The first-order valence-corrected chi connectivity index (χ1v) is 8.71. The number of aryl methyl sites for hydroxylation is 1. The first kappa shape index (κ1) is 15.3. The molecule has 0 spiro atoms. The zero-order valence-corrected chi connectivity index (χ0v) is 13.1. The fourth-order valence-corrected chi connectivity index (χ4v) is 4.72. The standard InChI is InChI=1S/C15H24N2O2S/c1-12-8-7-11-14(16)15(12)20(18,19)17(2)13-9-5-3-4-6-10-13/h7-8,11,13H,3-6,9-10,16H2,1-2H3. The molecule has 0 saturated heterocycles. The molecular weight excluding hydrogens is 272 g/mol. The topological polar surface area (TPSA) is 63.4 Å². The van der Waals surface area contributed by atoms with Gasteiger partial charge in [0.25, 0.3) is 0 Å². The van der Waals surface area contributed by atoms with E-state index in [1.807, 2.05) is 0 Å². The minimum atomic E-state index is -3.51. The van der Waals surface area contributed by atoms with Crippen molar-refractivity contribution in [2.24, 2.45) is 0 Å². The van der Waals surface area contributed by atoms with Crippen molar-refractivity contribution in [2.75, 3.05) is 12.8 Å². The summed E-state index contributed by atoms with van der Waals surface area (Å²) in [5.41, 5.74) is 6.95. The number of benzene rings is 1. The molecule has 20 heavy (non-hydrogen) atoms. The molecule has 1 aromatic rings. The van der Waals surface area contributed by atoms with Gasteiger partial charge >= 0.3 is 0 Å². The summed E-state index contributed by atoms with van der Waals surface area (Å²) in [5, 5.41) is 0. The molecule has 2 rings (SSSR count). The smallest absolute Gasteiger partial charge is 0.245 e. The Bertz CT molecular complexity index is 541. The fourth-order valence-electron chi connectivity index (χ4n) is 2.99. The third-order valence-corrected chi connectivity index (χ3v) is 6.35. The first-order chi connectivity index (χ1) is 9.44. The van der Waals surface area contributed by atoms with E-state index in [4.69, 9.17) is 5.73 Å². The predicted molar refractivity (Wildman–Crippen MR) is 82.0 cm³/mol. The fraction of sp³-hybridized carbons (Fsp3) is 0.600. The van der Waals surface area contributed by atoms with Gasteiger partial charge in [-0.2, -0.15) is 4.31 Å². The highest BCUT2D eigenvalue weighted by molar-refractivity contribution is 7.89. The minimum absolute atomic E-state index is 0.0986. The molecule has 4 nitrogen and oxygen atoms in total. The van der Waals surface area contributed by atoms with Crippen LogP contribution >= 0.6 is 0 Å². The highest BCUT2D eigenvalue weighted by Crippen LogP contribution is 2.30. The maximum absolute atomic E-state index is 12.8. The van der Waals surface area contributed by atoms with Gasteiger partial charge in [-0.25, -0.2) is 8.42 Å². The van der Waals surface area contributed by atoms with Crippen LogP contribution in [0.25, 0.3) is 0 Å². The van der Waals surface area contributed by atoms with E-state index < -0.39 is 10.0 Å². The first-order valence-electron chi connectivity index (χ1n) is 7.27. The van der Waals surface area contributed by atoms with Crippen molar-refractivity contribution in [3.63, 3.8) is 0 Å². The normalized spacial score (nSPS) is 18.1. The van der Waals surface area contributed by atoms with Gasteiger partial charge in [0.05, 0.1) is 5.69 Å². The Morgan fingerprint density at radius 1 is 1.15 bits per heavy atom. The number of sulfonamides is 1. The van der Waals surface area contributed by atoms with E-state index in [-0.39, 0.29) is 10.9 Å². The summed E-state index contributed by atoms with van der Waals surface area (Å²) >= 11 is 0. The SMILES string of the molecule is Cc1cccc(N)c1S(=O)(=O)N(C)C1CCCCCC1. The van der Waals surface area contributed by atoms with Gasteiger partial charge in [0.2, 0.25) is 10.0 Å². The molecule has 0 atom stereocenters. The van der Waals surface area contributed by atoms with Crippen LogP contribution in [-0.2, 0) is 10.0 Å². The summed E-state index contributed by atoms with van der Waals surface area (Å²) in [7, 11) is -1.82. The quantitative estimate of drug-likeness (QED) is 0.689. The molecule has 112 valence electrons. The average molecular weight is 296 g/mol. The lowest BCUT2D eigenvalue weighted by Crippen LogP contribution is -2.37. The van der Waals surface area contributed by atoms with Gasteiger partial charge in [0.1, 0.15) is 4.90 Å². The van der Waals surface area contributed by atoms with Crippen molar-refractivity contribution in [2.45, 2.75) is 56.4 Å². The number of nitrogen functional groups attached to an aromatic ring is 1. The van der Waals surface area contributed by atoms with Crippen LogP contribution in [0.3, 0.4) is 0 Å². The molecule has 5 heteroatoms. The van der Waals surface area contributed by atoms with Crippen LogP contribution in [0.2, 0.25) is 0 Å². The van der Waals surface area contributed by atoms with E-state index in [1.54, 1.807) is 32.2 Å². The van der Waals surface area contributed by atoms with Crippen LogP contribution < -0.4 is 5.73 Å². The van der Waals surface area contributed by atoms with E-state index in [0.717, 1.165) is 25.7 Å². The van der Waals surface area contributed by atoms with Crippen molar-refractivity contribution in [3.8, 4) is 0 Å². The van der Waals surface area contributed by atoms with E-state index in [1.165, 1.54) is 17.1 Å². The van der Waals surface area contributed by atoms with Gasteiger partial charge in [0, 0.05) is 13.1 Å². The van der Waals surface area contributed by atoms with Gasteiger partial charge in [-0.05, 0) is 31.4 Å². The molecule has 0 bridgehead atoms. The molecule has 0 amide bonds. The Balaban J connectivity index is 2.34. The van der Waals surface area contributed by atoms with Crippen molar-refractivity contribution in [1.29, 1.82) is 0 Å². The third-order valence-electron chi connectivity index (χ3n) is 4.22. The Hall–Kier alpha value is -1.07. The average Bonchev–Trinajstić information content (AvgIpc) is 2.66. The number of hydrogen-bond donors (Lipinski definition) is 1. The van der Waals surface area contributed by atoms with Crippen LogP contribution in [0.5, 0.6) is 0 Å². The molecule has 2 N–H and O–H groups in total. The summed E-state index contributed by atoms with van der Waals surface area (Å²) in [6.07, 6.45) is 6.51. The van der Waals surface area contributed by atoms with Gasteiger partial charge in [0.15, 0.2) is 0 Å². The number of anilines is 1. The Kier molecular flexibility index (Phi) is 4.70. The van der Waals surface area contributed by atoms with Crippen LogP contribution in [0, 0.1) is 6.92 Å². The van der Waals surface area contributed by atoms with Gasteiger partial charge in [-0.3, -0.25) is 0 Å². The maximum atomic E-state index is 12.8. The third kappa shape index (κ3) is 2.99. The van der Waals surface area contributed by atoms with Gasteiger partial charge < -0.3 is 5.73 Å². The Morgan fingerprint density at radius 2 is 1.75 bits per heavy atom. The van der Waals surface area contributed by atoms with Crippen molar-refractivity contribution in [3.05, 3.63) is 23.8 Å². The second kappa shape index (κ2) is 6.14. The monoisotopic (exact) mass is 296 g/mol. The largest absolute Gasteiger partial charge is 0.398 e. The number of rotatable bonds is 3.